The van der Waals surface area contributed by atoms with Gasteiger partial charge in [0.05, 0.1) is 23.4 Å². The van der Waals surface area contributed by atoms with Gasteiger partial charge in [0.15, 0.2) is 0 Å². The molecule has 0 saturated heterocycles. The molecule has 1 amide bonds. The number of rotatable bonds is 10. The van der Waals surface area contributed by atoms with E-state index in [1.807, 2.05) is 26.8 Å². The number of carbonyl (C=O) groups is 1. The number of para-hydroxylation sites is 2. The van der Waals surface area contributed by atoms with Crippen molar-refractivity contribution in [1.82, 2.24) is 9.99 Å². The van der Waals surface area contributed by atoms with E-state index in [9.17, 15) is 13.2 Å². The standard InChI is InChI=1S/C31H34N4O4S/c1-6-39-30-15-11-10-14-29(30)34(40(37,38)28-12-8-7-9-13-28)21-31(36)33-32-20-26-19-24(4)35(25(26)5)27-17-16-22(2)23(3)18-27/h7-20H,6,21H2,1-5H3,(H,33,36)/b32-20-. The van der Waals surface area contributed by atoms with E-state index in [-0.39, 0.29) is 10.6 Å². The van der Waals surface area contributed by atoms with Crippen LogP contribution in [0.15, 0.2) is 88.9 Å². The van der Waals surface area contributed by atoms with Crippen molar-refractivity contribution in [2.75, 3.05) is 17.5 Å². The molecule has 1 aromatic heterocycles. The number of hydrazone groups is 1. The smallest absolute Gasteiger partial charge is 0.264 e. The summed E-state index contributed by atoms with van der Waals surface area (Å²) in [6, 6.07) is 23.0. The minimum Gasteiger partial charge on any atom is -0.492 e. The Balaban J connectivity index is 1.58. The van der Waals surface area contributed by atoms with Gasteiger partial charge in [-0.1, -0.05) is 36.4 Å². The van der Waals surface area contributed by atoms with Gasteiger partial charge in [0, 0.05) is 22.6 Å². The third kappa shape index (κ3) is 6.10. The lowest BCUT2D eigenvalue weighted by Gasteiger charge is -2.25. The molecule has 0 radical (unpaired) electrons. The summed E-state index contributed by atoms with van der Waals surface area (Å²) in [5.41, 5.74) is 9.08. The minimum absolute atomic E-state index is 0.0661. The third-order valence-electron chi connectivity index (χ3n) is 6.66. The summed E-state index contributed by atoms with van der Waals surface area (Å²) in [6.07, 6.45) is 1.57. The van der Waals surface area contributed by atoms with Crippen molar-refractivity contribution in [1.29, 1.82) is 0 Å². The summed E-state index contributed by atoms with van der Waals surface area (Å²) in [5.74, 6) is -0.232. The van der Waals surface area contributed by atoms with E-state index in [0.717, 1.165) is 26.9 Å². The molecule has 0 spiro atoms. The van der Waals surface area contributed by atoms with Crippen molar-refractivity contribution in [3.05, 3.63) is 107 Å². The van der Waals surface area contributed by atoms with Crippen molar-refractivity contribution >= 4 is 27.8 Å². The van der Waals surface area contributed by atoms with Gasteiger partial charge in [-0.2, -0.15) is 5.10 Å². The maximum Gasteiger partial charge on any atom is 0.264 e. The molecule has 0 saturated carbocycles. The number of nitrogens with one attached hydrogen (secondary N) is 1. The molecule has 4 rings (SSSR count). The first-order chi connectivity index (χ1) is 19.1. The van der Waals surface area contributed by atoms with Gasteiger partial charge in [-0.25, -0.2) is 13.8 Å². The Morgan fingerprint density at radius 2 is 1.65 bits per heavy atom. The second-order valence-corrected chi connectivity index (χ2v) is 11.3. The van der Waals surface area contributed by atoms with E-state index in [2.05, 4.69) is 47.1 Å². The Kier molecular flexibility index (Phi) is 8.74. The monoisotopic (exact) mass is 558 g/mol. The minimum atomic E-state index is -4.08. The summed E-state index contributed by atoms with van der Waals surface area (Å²) >= 11 is 0. The number of amides is 1. The second kappa shape index (κ2) is 12.2. The first-order valence-electron chi connectivity index (χ1n) is 13.0. The lowest BCUT2D eigenvalue weighted by molar-refractivity contribution is -0.119. The number of benzene rings is 3. The number of aryl methyl sites for hydroxylation is 3. The maximum atomic E-state index is 13.6. The molecular formula is C31H34N4O4S. The molecular weight excluding hydrogens is 524 g/mol. The van der Waals surface area contributed by atoms with E-state index >= 15 is 0 Å². The molecule has 0 unspecified atom stereocenters. The Morgan fingerprint density at radius 3 is 2.35 bits per heavy atom. The Bertz CT molecular complexity index is 1640. The molecule has 0 aliphatic heterocycles. The van der Waals surface area contributed by atoms with Gasteiger partial charge in [-0.3, -0.25) is 9.10 Å². The van der Waals surface area contributed by atoms with Crippen LogP contribution in [0.5, 0.6) is 5.75 Å². The third-order valence-corrected chi connectivity index (χ3v) is 8.44. The summed E-state index contributed by atoms with van der Waals surface area (Å²) < 4.78 is 36.1. The molecule has 208 valence electrons. The van der Waals surface area contributed by atoms with Gasteiger partial charge in [-0.05, 0) is 88.2 Å². The first kappa shape index (κ1) is 28.6. The van der Waals surface area contributed by atoms with Crippen LogP contribution in [0.1, 0.15) is 35.0 Å². The van der Waals surface area contributed by atoms with Gasteiger partial charge >= 0.3 is 0 Å². The Morgan fingerprint density at radius 1 is 0.950 bits per heavy atom. The molecule has 40 heavy (non-hydrogen) atoms. The average molecular weight is 559 g/mol. The van der Waals surface area contributed by atoms with Crippen molar-refractivity contribution in [3.8, 4) is 11.4 Å². The molecule has 9 heteroatoms. The molecule has 0 atom stereocenters. The predicted molar refractivity (Wildman–Crippen MR) is 159 cm³/mol. The van der Waals surface area contributed by atoms with Crippen LogP contribution < -0.4 is 14.5 Å². The molecule has 0 aliphatic rings. The zero-order valence-electron chi connectivity index (χ0n) is 23.4. The highest BCUT2D eigenvalue weighted by molar-refractivity contribution is 7.92. The van der Waals surface area contributed by atoms with Gasteiger partial charge < -0.3 is 9.30 Å². The van der Waals surface area contributed by atoms with Gasteiger partial charge in [0.25, 0.3) is 15.9 Å². The number of hydrogen-bond acceptors (Lipinski definition) is 5. The molecule has 3 aromatic carbocycles. The first-order valence-corrected chi connectivity index (χ1v) is 14.5. The van der Waals surface area contributed by atoms with E-state index in [1.54, 1.807) is 48.7 Å². The second-order valence-electron chi connectivity index (χ2n) is 9.45. The number of aromatic nitrogens is 1. The summed E-state index contributed by atoms with van der Waals surface area (Å²) in [7, 11) is -4.08. The van der Waals surface area contributed by atoms with Crippen LogP contribution in [-0.4, -0.2) is 38.3 Å². The largest absolute Gasteiger partial charge is 0.492 e. The highest BCUT2D eigenvalue weighted by Crippen LogP contribution is 2.32. The van der Waals surface area contributed by atoms with Crippen LogP contribution in [0.3, 0.4) is 0 Å². The molecule has 0 fully saturated rings. The number of sulfonamides is 1. The summed E-state index contributed by atoms with van der Waals surface area (Å²) in [4.78, 5) is 13.1. The molecule has 0 aliphatic carbocycles. The van der Waals surface area contributed by atoms with Crippen molar-refractivity contribution in [2.45, 2.75) is 39.5 Å². The number of ether oxygens (including phenoxy) is 1. The number of carbonyl (C=O) groups excluding carboxylic acids is 1. The van der Waals surface area contributed by atoms with Gasteiger partial charge in [-0.15, -0.1) is 0 Å². The van der Waals surface area contributed by atoms with Crippen LogP contribution >= 0.6 is 0 Å². The highest BCUT2D eigenvalue weighted by Gasteiger charge is 2.29. The van der Waals surface area contributed by atoms with E-state index < -0.39 is 22.5 Å². The van der Waals surface area contributed by atoms with E-state index in [1.165, 1.54) is 23.3 Å². The van der Waals surface area contributed by atoms with E-state index in [0.29, 0.717) is 12.4 Å². The fourth-order valence-electron chi connectivity index (χ4n) is 4.48. The van der Waals surface area contributed by atoms with Crippen molar-refractivity contribution < 1.29 is 17.9 Å². The molecule has 8 nitrogen and oxygen atoms in total. The van der Waals surface area contributed by atoms with Crippen LogP contribution in [0.4, 0.5) is 5.69 Å². The van der Waals surface area contributed by atoms with Gasteiger partial charge in [0.2, 0.25) is 0 Å². The van der Waals surface area contributed by atoms with Crippen molar-refractivity contribution in [2.24, 2.45) is 5.10 Å². The molecule has 4 aromatic rings. The molecule has 1 heterocycles. The van der Waals surface area contributed by atoms with Gasteiger partial charge in [0.1, 0.15) is 12.3 Å². The fraction of sp³-hybridized carbons (Fsp3) is 0.226. The maximum absolute atomic E-state index is 13.6. The summed E-state index contributed by atoms with van der Waals surface area (Å²) in [6.45, 7) is 9.83. The SMILES string of the molecule is CCOc1ccccc1N(CC(=O)N/N=C\c1cc(C)n(-c2ccc(C)c(C)c2)c1C)S(=O)(=O)c1ccccc1. The van der Waals surface area contributed by atoms with Crippen molar-refractivity contribution in [3.63, 3.8) is 0 Å². The molecule has 0 bridgehead atoms. The topological polar surface area (TPSA) is 93.0 Å². The number of anilines is 1. The summed E-state index contributed by atoms with van der Waals surface area (Å²) in [5, 5.41) is 4.15. The Labute approximate surface area is 236 Å². The quantitative estimate of drug-likeness (QED) is 0.207. The lowest BCUT2D eigenvalue weighted by atomic mass is 10.1. The normalized spacial score (nSPS) is 11.5. The Hall–Kier alpha value is -4.37. The highest BCUT2D eigenvalue weighted by atomic mass is 32.2. The molecule has 1 N–H and O–H groups in total. The number of hydrogen-bond donors (Lipinski definition) is 1. The zero-order valence-corrected chi connectivity index (χ0v) is 24.2. The van der Waals surface area contributed by atoms with Crippen LogP contribution in [0.25, 0.3) is 5.69 Å². The van der Waals surface area contributed by atoms with E-state index in [4.69, 9.17) is 4.74 Å². The zero-order chi connectivity index (χ0) is 28.9. The fourth-order valence-corrected chi connectivity index (χ4v) is 5.93. The number of nitrogens with zero attached hydrogens (tertiary/aromatic N) is 3. The predicted octanol–water partition coefficient (Wildman–Crippen LogP) is 5.46. The lowest BCUT2D eigenvalue weighted by Crippen LogP contribution is -2.39. The van der Waals surface area contributed by atoms with Crippen LogP contribution in [0.2, 0.25) is 0 Å². The van der Waals surface area contributed by atoms with Crippen LogP contribution in [0, 0.1) is 27.7 Å². The van der Waals surface area contributed by atoms with Crippen LogP contribution in [-0.2, 0) is 14.8 Å². The average Bonchev–Trinajstić information content (AvgIpc) is 3.22.